The van der Waals surface area contributed by atoms with E-state index in [1.165, 1.54) is 17.5 Å². The summed E-state index contributed by atoms with van der Waals surface area (Å²) in [6.07, 6.45) is 13.6. The minimum absolute atomic E-state index is 0.961. The molecule has 0 aliphatic carbocycles. The second-order valence-electron chi connectivity index (χ2n) is 6.65. The number of benzene rings is 1. The Hall–Kier alpha value is -4.00. The van der Waals surface area contributed by atoms with Gasteiger partial charge in [0, 0.05) is 42.9 Å². The van der Waals surface area contributed by atoms with Gasteiger partial charge in [0.1, 0.15) is 6.33 Å². The van der Waals surface area contributed by atoms with Crippen LogP contribution in [0.25, 0.3) is 11.0 Å². The van der Waals surface area contributed by atoms with E-state index in [4.69, 9.17) is 0 Å². The number of H-pyrrole nitrogens is 1. The number of hydrogen-bond acceptors (Lipinski definition) is 6. The van der Waals surface area contributed by atoms with Crippen LogP contribution in [-0.4, -0.2) is 34.9 Å². The minimum atomic E-state index is 0.961. The maximum atomic E-state index is 4.10. The van der Waals surface area contributed by atoms with E-state index < -0.39 is 0 Å². The molecule has 0 saturated carbocycles. The van der Waals surface area contributed by atoms with Crippen LogP contribution in [-0.2, 0) is 0 Å². The molecule has 0 radical (unpaired) electrons. The zero-order valence-corrected chi connectivity index (χ0v) is 18.3. The fourth-order valence-corrected chi connectivity index (χ4v) is 2.23. The molecule has 0 atom stereocenters. The Balaban J connectivity index is 0.000000149. The van der Waals surface area contributed by atoms with Gasteiger partial charge in [-0.05, 0) is 63.1 Å². The lowest BCUT2D eigenvalue weighted by molar-refractivity contribution is 1.10. The monoisotopic (exact) mass is 413 g/mol. The average Bonchev–Trinajstić information content (AvgIpc) is 3.24. The van der Waals surface area contributed by atoms with E-state index in [2.05, 4.69) is 53.9 Å². The zero-order chi connectivity index (χ0) is 22.3. The molecule has 31 heavy (non-hydrogen) atoms. The molecule has 5 aromatic rings. The molecule has 158 valence electrons. The van der Waals surface area contributed by atoms with E-state index in [1.807, 2.05) is 51.2 Å². The smallest absolute Gasteiger partial charge is 0.115 e. The predicted molar refractivity (Wildman–Crippen MR) is 123 cm³/mol. The van der Waals surface area contributed by atoms with Crippen LogP contribution < -0.4 is 0 Å². The van der Waals surface area contributed by atoms with E-state index in [0.29, 0.717) is 0 Å². The maximum absolute atomic E-state index is 4.10. The van der Waals surface area contributed by atoms with E-state index in [1.54, 1.807) is 37.3 Å². The van der Waals surface area contributed by atoms with Gasteiger partial charge in [0.05, 0.1) is 23.1 Å². The number of aryl methyl sites for hydroxylation is 4. The van der Waals surface area contributed by atoms with Crippen LogP contribution in [0, 0.1) is 27.7 Å². The third-order valence-corrected chi connectivity index (χ3v) is 3.81. The molecule has 0 spiro atoms. The van der Waals surface area contributed by atoms with Crippen LogP contribution in [0.5, 0.6) is 0 Å². The second kappa shape index (κ2) is 13.3. The van der Waals surface area contributed by atoms with Crippen molar-refractivity contribution in [1.29, 1.82) is 0 Å². The van der Waals surface area contributed by atoms with Gasteiger partial charge in [-0.2, -0.15) is 0 Å². The Kier molecular flexibility index (Phi) is 9.96. The zero-order valence-electron chi connectivity index (χ0n) is 18.3. The lowest BCUT2D eigenvalue weighted by Crippen LogP contribution is -1.77. The summed E-state index contributed by atoms with van der Waals surface area (Å²) in [7, 11) is 0. The van der Waals surface area contributed by atoms with Crippen LogP contribution in [0.3, 0.4) is 0 Å². The Bertz CT molecular complexity index is 1020. The SMILES string of the molecule is Cc1ccc2nc[nH]c2c1.Cc1cccnc1.Cc1ccncn1.Cc1cnccn1. The van der Waals surface area contributed by atoms with Gasteiger partial charge in [-0.1, -0.05) is 12.1 Å². The first-order chi connectivity index (χ1) is 15.0. The molecule has 5 rings (SSSR count). The van der Waals surface area contributed by atoms with Crippen molar-refractivity contribution in [1.82, 2.24) is 34.9 Å². The molecule has 0 unspecified atom stereocenters. The lowest BCUT2D eigenvalue weighted by atomic mass is 10.2. The van der Waals surface area contributed by atoms with Gasteiger partial charge < -0.3 is 4.98 Å². The highest BCUT2D eigenvalue weighted by atomic mass is 14.9. The van der Waals surface area contributed by atoms with Crippen LogP contribution in [0.4, 0.5) is 0 Å². The topological polar surface area (TPSA) is 93.1 Å². The number of hydrogen-bond donors (Lipinski definition) is 1. The van der Waals surface area contributed by atoms with E-state index in [0.717, 1.165) is 22.4 Å². The first-order valence-electron chi connectivity index (χ1n) is 9.76. The summed E-state index contributed by atoms with van der Waals surface area (Å²) in [5, 5.41) is 0. The molecule has 4 heterocycles. The quantitative estimate of drug-likeness (QED) is 0.391. The van der Waals surface area contributed by atoms with Gasteiger partial charge in [-0.25, -0.2) is 15.0 Å². The number of pyridine rings is 1. The summed E-state index contributed by atoms with van der Waals surface area (Å²) in [5.74, 6) is 0. The third-order valence-electron chi connectivity index (χ3n) is 3.81. The first-order valence-corrected chi connectivity index (χ1v) is 9.76. The summed E-state index contributed by atoms with van der Waals surface area (Å²) >= 11 is 0. The van der Waals surface area contributed by atoms with Crippen LogP contribution in [0.2, 0.25) is 0 Å². The fraction of sp³-hybridized carbons (Fsp3) is 0.167. The third kappa shape index (κ3) is 9.85. The van der Waals surface area contributed by atoms with Gasteiger partial charge in [-0.15, -0.1) is 0 Å². The Morgan fingerprint density at radius 2 is 1.48 bits per heavy atom. The molecule has 4 aromatic heterocycles. The summed E-state index contributed by atoms with van der Waals surface area (Å²) < 4.78 is 0. The molecular weight excluding hydrogens is 386 g/mol. The number of nitrogens with one attached hydrogen (secondary N) is 1. The van der Waals surface area contributed by atoms with Gasteiger partial charge >= 0.3 is 0 Å². The molecule has 7 nitrogen and oxygen atoms in total. The van der Waals surface area contributed by atoms with Crippen molar-refractivity contribution in [2.75, 3.05) is 0 Å². The van der Waals surface area contributed by atoms with E-state index >= 15 is 0 Å². The number of aromatic amines is 1. The molecule has 1 N–H and O–H groups in total. The summed E-state index contributed by atoms with van der Waals surface area (Å²) in [6, 6.07) is 12.0. The predicted octanol–water partition coefficient (Wildman–Crippen LogP) is 4.83. The molecule has 0 bridgehead atoms. The summed E-state index contributed by atoms with van der Waals surface area (Å²) in [4.78, 5) is 26.4. The van der Waals surface area contributed by atoms with Crippen molar-refractivity contribution >= 4 is 11.0 Å². The standard InChI is InChI=1S/C8H8N2.C6H7N.2C5H6N2/c1-6-2-3-7-8(4-6)10-5-9-7;1-6-3-2-4-7-5-6;1-5-4-6-2-3-7-5;1-5-2-3-6-4-7-5/h2-5H,1H3,(H,9,10);2-5H,1H3;2*2-4H,1H3. The molecule has 0 saturated heterocycles. The number of nitrogens with zero attached hydrogens (tertiary/aromatic N) is 6. The van der Waals surface area contributed by atoms with Crippen molar-refractivity contribution in [3.63, 3.8) is 0 Å². The molecule has 0 aliphatic rings. The van der Waals surface area contributed by atoms with Gasteiger partial charge in [-0.3, -0.25) is 15.0 Å². The fourth-order valence-electron chi connectivity index (χ4n) is 2.23. The van der Waals surface area contributed by atoms with Crippen molar-refractivity contribution in [2.24, 2.45) is 0 Å². The number of fused-ring (bicyclic) bond motifs is 1. The minimum Gasteiger partial charge on any atom is -0.345 e. The highest BCUT2D eigenvalue weighted by molar-refractivity contribution is 5.74. The Labute approximate surface area is 182 Å². The van der Waals surface area contributed by atoms with Crippen molar-refractivity contribution in [3.8, 4) is 0 Å². The van der Waals surface area contributed by atoms with Gasteiger partial charge in [0.15, 0.2) is 0 Å². The highest BCUT2D eigenvalue weighted by Crippen LogP contribution is 2.09. The lowest BCUT2D eigenvalue weighted by Gasteiger charge is -1.89. The van der Waals surface area contributed by atoms with Crippen molar-refractivity contribution in [2.45, 2.75) is 27.7 Å². The molecule has 0 aliphatic heterocycles. The molecule has 7 heteroatoms. The maximum Gasteiger partial charge on any atom is 0.115 e. The van der Waals surface area contributed by atoms with Crippen LogP contribution in [0.1, 0.15) is 22.5 Å². The van der Waals surface area contributed by atoms with Crippen LogP contribution in [0.15, 0.2) is 86.2 Å². The highest BCUT2D eigenvalue weighted by Gasteiger charge is 1.92. The first kappa shape index (κ1) is 23.3. The average molecular weight is 414 g/mol. The molecule has 0 amide bonds. The normalized spacial score (nSPS) is 9.29. The van der Waals surface area contributed by atoms with Crippen molar-refractivity contribution < 1.29 is 0 Å². The Morgan fingerprint density at radius 3 is 1.97 bits per heavy atom. The number of rotatable bonds is 0. The summed E-state index contributed by atoms with van der Waals surface area (Å²) in [6.45, 7) is 7.93. The number of imidazole rings is 1. The molecular formula is C24H27N7. The van der Waals surface area contributed by atoms with E-state index in [-0.39, 0.29) is 0 Å². The van der Waals surface area contributed by atoms with Crippen LogP contribution >= 0.6 is 0 Å². The van der Waals surface area contributed by atoms with Gasteiger partial charge in [0.2, 0.25) is 0 Å². The summed E-state index contributed by atoms with van der Waals surface area (Å²) in [5.41, 5.74) is 6.59. The van der Waals surface area contributed by atoms with E-state index in [9.17, 15) is 0 Å². The largest absolute Gasteiger partial charge is 0.345 e. The molecule has 1 aromatic carbocycles. The van der Waals surface area contributed by atoms with Gasteiger partial charge in [0.25, 0.3) is 0 Å². The van der Waals surface area contributed by atoms with Crippen molar-refractivity contribution in [3.05, 3.63) is 109 Å². The number of aromatic nitrogens is 7. The second-order valence-corrected chi connectivity index (χ2v) is 6.65. The molecule has 0 fully saturated rings. The Morgan fingerprint density at radius 1 is 0.645 bits per heavy atom.